The van der Waals surface area contributed by atoms with Crippen molar-refractivity contribution in [3.05, 3.63) is 0 Å². The van der Waals surface area contributed by atoms with E-state index in [1.807, 2.05) is 0 Å². The van der Waals surface area contributed by atoms with Crippen LogP contribution in [0.15, 0.2) is 0 Å². The van der Waals surface area contributed by atoms with Crippen LogP contribution >= 0.6 is 0 Å². The lowest BCUT2D eigenvalue weighted by Crippen LogP contribution is -2.36. The molecule has 1 unspecified atom stereocenters. The lowest BCUT2D eigenvalue weighted by atomic mass is 10.1. The van der Waals surface area contributed by atoms with Gasteiger partial charge in [-0.15, -0.1) is 0 Å². The molecule has 0 radical (unpaired) electrons. The largest absolute Gasteiger partial charge is 0.481 e. The fourth-order valence-electron chi connectivity index (χ4n) is 1.60. The molecule has 0 spiro atoms. The van der Waals surface area contributed by atoms with Crippen LogP contribution in [0.1, 0.15) is 40.5 Å². The first kappa shape index (κ1) is 13.4. The summed E-state index contributed by atoms with van der Waals surface area (Å²) in [6, 6.07) is 0.374. The molecule has 0 aliphatic rings. The van der Waals surface area contributed by atoms with Crippen molar-refractivity contribution in [2.24, 2.45) is 5.92 Å². The molecule has 0 rings (SSSR count). The van der Waals surface area contributed by atoms with Gasteiger partial charge in [-0.25, -0.2) is 0 Å². The van der Waals surface area contributed by atoms with Crippen LogP contribution in [0.2, 0.25) is 0 Å². The lowest BCUT2D eigenvalue weighted by Gasteiger charge is -2.29. The molecule has 84 valence electrons. The molecule has 0 bridgehead atoms. The summed E-state index contributed by atoms with van der Waals surface area (Å²) in [5.41, 5.74) is 0. The van der Waals surface area contributed by atoms with Crippen LogP contribution in [-0.2, 0) is 4.79 Å². The zero-order valence-electron chi connectivity index (χ0n) is 9.79. The van der Waals surface area contributed by atoms with E-state index in [9.17, 15) is 4.79 Å². The molecule has 0 aromatic rings. The highest BCUT2D eigenvalue weighted by molar-refractivity contribution is 5.66. The highest BCUT2D eigenvalue weighted by Gasteiger charge is 2.14. The molecule has 0 saturated carbocycles. The molecule has 3 heteroatoms. The van der Waals surface area contributed by atoms with Crippen LogP contribution in [0, 0.1) is 5.92 Å². The summed E-state index contributed by atoms with van der Waals surface area (Å²) in [5, 5.41) is 8.58. The fraction of sp³-hybridized carbons (Fsp3) is 0.909. The summed E-state index contributed by atoms with van der Waals surface area (Å²) in [6.07, 6.45) is 1.02. The molecule has 0 saturated heterocycles. The average molecular weight is 201 g/mol. The van der Waals surface area contributed by atoms with Crippen molar-refractivity contribution in [1.82, 2.24) is 4.90 Å². The number of carbonyl (C=O) groups is 1. The zero-order chi connectivity index (χ0) is 11.1. The third-order valence-corrected chi connectivity index (χ3v) is 2.41. The Kier molecular flexibility index (Phi) is 6.54. The predicted molar refractivity (Wildman–Crippen MR) is 58.4 cm³/mol. The number of nitrogens with zero attached hydrogens (tertiary/aromatic N) is 1. The molecule has 0 heterocycles. The summed E-state index contributed by atoms with van der Waals surface area (Å²) >= 11 is 0. The summed E-state index contributed by atoms with van der Waals surface area (Å²) < 4.78 is 0. The normalized spacial score (nSPS) is 13.6. The van der Waals surface area contributed by atoms with Crippen LogP contribution in [-0.4, -0.2) is 35.1 Å². The van der Waals surface area contributed by atoms with E-state index in [1.54, 1.807) is 0 Å². The maximum absolute atomic E-state index is 10.4. The average Bonchev–Trinajstić information content (AvgIpc) is 2.09. The Morgan fingerprint density at radius 3 is 2.29 bits per heavy atom. The molecule has 0 amide bonds. The number of hydrogen-bond donors (Lipinski definition) is 1. The Labute approximate surface area is 87.1 Å². The van der Waals surface area contributed by atoms with E-state index >= 15 is 0 Å². The van der Waals surface area contributed by atoms with Crippen molar-refractivity contribution in [1.29, 1.82) is 0 Å². The molecule has 0 fully saturated rings. The zero-order valence-corrected chi connectivity index (χ0v) is 9.79. The van der Waals surface area contributed by atoms with Crippen LogP contribution in [0.25, 0.3) is 0 Å². The van der Waals surface area contributed by atoms with Crippen molar-refractivity contribution in [2.75, 3.05) is 13.1 Å². The first-order valence-electron chi connectivity index (χ1n) is 5.43. The number of carboxylic acid groups (broad SMARTS) is 1. The second kappa shape index (κ2) is 6.82. The maximum Gasteiger partial charge on any atom is 0.303 e. The molecular formula is C11H23NO2. The van der Waals surface area contributed by atoms with E-state index in [2.05, 4.69) is 32.6 Å². The molecule has 0 aromatic carbocycles. The van der Waals surface area contributed by atoms with Crippen molar-refractivity contribution in [3.8, 4) is 0 Å². The Bertz CT molecular complexity index is 169. The van der Waals surface area contributed by atoms with Gasteiger partial charge in [0, 0.05) is 19.0 Å². The number of carboxylic acids is 1. The van der Waals surface area contributed by atoms with Crippen molar-refractivity contribution in [2.45, 2.75) is 46.6 Å². The smallest absolute Gasteiger partial charge is 0.303 e. The van der Waals surface area contributed by atoms with Gasteiger partial charge >= 0.3 is 5.97 Å². The van der Waals surface area contributed by atoms with Crippen molar-refractivity contribution in [3.63, 3.8) is 0 Å². The van der Waals surface area contributed by atoms with E-state index in [0.29, 0.717) is 12.0 Å². The number of hydrogen-bond acceptors (Lipinski definition) is 2. The molecule has 0 aliphatic heterocycles. The second-order valence-corrected chi connectivity index (χ2v) is 4.26. The third kappa shape index (κ3) is 5.97. The van der Waals surface area contributed by atoms with Gasteiger partial charge in [0.1, 0.15) is 0 Å². The molecule has 0 aromatic heterocycles. The monoisotopic (exact) mass is 201 g/mol. The number of rotatable bonds is 7. The maximum atomic E-state index is 10.4. The van der Waals surface area contributed by atoms with E-state index in [-0.39, 0.29) is 6.42 Å². The van der Waals surface area contributed by atoms with Gasteiger partial charge in [0.2, 0.25) is 0 Å². The molecule has 3 nitrogen and oxygen atoms in total. The van der Waals surface area contributed by atoms with Gasteiger partial charge in [-0.05, 0) is 25.8 Å². The second-order valence-electron chi connectivity index (χ2n) is 4.26. The van der Waals surface area contributed by atoms with Crippen LogP contribution in [0.5, 0.6) is 0 Å². The van der Waals surface area contributed by atoms with E-state index in [0.717, 1.165) is 19.5 Å². The summed E-state index contributed by atoms with van der Waals surface area (Å²) in [7, 11) is 0. The topological polar surface area (TPSA) is 40.5 Å². The van der Waals surface area contributed by atoms with Crippen LogP contribution in [0.3, 0.4) is 0 Å². The minimum Gasteiger partial charge on any atom is -0.481 e. The van der Waals surface area contributed by atoms with Gasteiger partial charge in [-0.2, -0.15) is 0 Å². The highest BCUT2D eigenvalue weighted by Crippen LogP contribution is 2.09. The standard InChI is InChI=1S/C11H23NO2/c1-5-12(8-9(2)3)10(4)6-7-11(13)14/h9-10H,5-8H2,1-4H3,(H,13,14). The third-order valence-electron chi connectivity index (χ3n) is 2.41. The van der Waals surface area contributed by atoms with Gasteiger partial charge in [-0.1, -0.05) is 20.8 Å². The number of aliphatic carboxylic acids is 1. The van der Waals surface area contributed by atoms with Gasteiger partial charge in [0.15, 0.2) is 0 Å². The summed E-state index contributed by atoms with van der Waals surface area (Å²) in [5.74, 6) is -0.0559. The van der Waals surface area contributed by atoms with Gasteiger partial charge < -0.3 is 10.0 Å². The van der Waals surface area contributed by atoms with E-state index in [1.165, 1.54) is 0 Å². The summed E-state index contributed by atoms with van der Waals surface area (Å²) in [4.78, 5) is 12.8. The molecule has 0 aliphatic carbocycles. The fourth-order valence-corrected chi connectivity index (χ4v) is 1.60. The van der Waals surface area contributed by atoms with Gasteiger partial charge in [-0.3, -0.25) is 4.79 Å². The Morgan fingerprint density at radius 1 is 1.36 bits per heavy atom. The van der Waals surface area contributed by atoms with E-state index in [4.69, 9.17) is 5.11 Å². The van der Waals surface area contributed by atoms with Gasteiger partial charge in [0.25, 0.3) is 0 Å². The molecular weight excluding hydrogens is 178 g/mol. The molecule has 1 atom stereocenters. The van der Waals surface area contributed by atoms with Crippen LogP contribution in [0.4, 0.5) is 0 Å². The van der Waals surface area contributed by atoms with E-state index < -0.39 is 5.97 Å². The summed E-state index contributed by atoms with van der Waals surface area (Å²) in [6.45, 7) is 10.7. The predicted octanol–water partition coefficient (Wildman–Crippen LogP) is 2.22. The highest BCUT2D eigenvalue weighted by atomic mass is 16.4. The first-order chi connectivity index (χ1) is 6.47. The van der Waals surface area contributed by atoms with Crippen molar-refractivity contribution >= 4 is 5.97 Å². The Hall–Kier alpha value is -0.570. The minimum absolute atomic E-state index is 0.274. The molecule has 1 N–H and O–H groups in total. The van der Waals surface area contributed by atoms with Gasteiger partial charge in [0.05, 0.1) is 0 Å². The minimum atomic E-state index is -0.697. The first-order valence-corrected chi connectivity index (χ1v) is 5.43. The van der Waals surface area contributed by atoms with Crippen LogP contribution < -0.4 is 0 Å². The Balaban J connectivity index is 3.90. The molecule has 14 heavy (non-hydrogen) atoms. The quantitative estimate of drug-likeness (QED) is 0.686. The Morgan fingerprint density at radius 2 is 1.93 bits per heavy atom. The van der Waals surface area contributed by atoms with Crippen molar-refractivity contribution < 1.29 is 9.90 Å². The lowest BCUT2D eigenvalue weighted by molar-refractivity contribution is -0.137. The SMILES string of the molecule is CCN(CC(C)C)C(C)CCC(=O)O.